The van der Waals surface area contributed by atoms with Gasteiger partial charge in [0.25, 0.3) is 0 Å². The lowest BCUT2D eigenvalue weighted by atomic mass is 9.84. The highest BCUT2D eigenvalue weighted by atomic mass is 16.1. The summed E-state index contributed by atoms with van der Waals surface area (Å²) in [6, 6.07) is 8.26. The van der Waals surface area contributed by atoms with Crippen LogP contribution in [0.25, 0.3) is 5.69 Å². The molecule has 104 valence electrons. The summed E-state index contributed by atoms with van der Waals surface area (Å²) in [6.45, 7) is 2.03. The fraction of sp³-hybridized carbons (Fsp3) is 0.375. The Morgan fingerprint density at radius 1 is 1.35 bits per heavy atom. The Morgan fingerprint density at radius 3 is 2.65 bits per heavy atom. The molecule has 0 saturated heterocycles. The molecule has 0 unspecified atom stereocenters. The Morgan fingerprint density at radius 2 is 2.10 bits per heavy atom. The number of hydrogen-bond donors (Lipinski definition) is 1. The maximum Gasteiger partial charge on any atom is 0.223 e. The molecule has 2 aromatic rings. The first kappa shape index (κ1) is 12.9. The van der Waals surface area contributed by atoms with Crippen LogP contribution in [0.5, 0.6) is 0 Å². The molecule has 4 nitrogen and oxygen atoms in total. The first-order valence-electron chi connectivity index (χ1n) is 7.13. The molecule has 1 aromatic heterocycles. The molecule has 0 spiro atoms. The van der Waals surface area contributed by atoms with Gasteiger partial charge in [-0.1, -0.05) is 18.6 Å². The predicted molar refractivity (Wildman–Crippen MR) is 77.5 cm³/mol. The van der Waals surface area contributed by atoms with Crippen LogP contribution in [-0.2, 0) is 4.79 Å². The SMILES string of the molecule is C[C@@H](NC(=O)C1CCC1)c1ccc(-n2ccnc2)cc1. The van der Waals surface area contributed by atoms with Gasteiger partial charge in [-0.15, -0.1) is 0 Å². The molecule has 1 amide bonds. The number of aromatic nitrogens is 2. The minimum absolute atomic E-state index is 0.0555. The molecule has 1 aliphatic rings. The van der Waals surface area contributed by atoms with Gasteiger partial charge in [0.1, 0.15) is 0 Å². The summed E-state index contributed by atoms with van der Waals surface area (Å²) in [5.41, 5.74) is 2.20. The summed E-state index contributed by atoms with van der Waals surface area (Å²) in [6.07, 6.45) is 8.71. The van der Waals surface area contributed by atoms with Gasteiger partial charge in [-0.05, 0) is 37.5 Å². The maximum atomic E-state index is 11.9. The van der Waals surface area contributed by atoms with Crippen LogP contribution in [0.2, 0.25) is 0 Å². The van der Waals surface area contributed by atoms with Crippen LogP contribution in [0.1, 0.15) is 37.8 Å². The molecule has 1 aromatic carbocycles. The minimum Gasteiger partial charge on any atom is -0.349 e. The normalized spacial score (nSPS) is 16.4. The molecule has 3 rings (SSSR count). The first-order valence-corrected chi connectivity index (χ1v) is 7.13. The van der Waals surface area contributed by atoms with E-state index in [2.05, 4.69) is 22.4 Å². The second-order valence-corrected chi connectivity index (χ2v) is 5.42. The molecule has 1 atom stereocenters. The summed E-state index contributed by atoms with van der Waals surface area (Å²) in [4.78, 5) is 16.0. The number of imidazole rings is 1. The molecule has 4 heteroatoms. The quantitative estimate of drug-likeness (QED) is 0.927. The van der Waals surface area contributed by atoms with Crippen LogP contribution in [0, 0.1) is 5.92 Å². The number of nitrogens with one attached hydrogen (secondary N) is 1. The molecule has 0 aliphatic heterocycles. The Kier molecular flexibility index (Phi) is 3.54. The van der Waals surface area contributed by atoms with Crippen LogP contribution >= 0.6 is 0 Å². The van der Waals surface area contributed by atoms with E-state index in [-0.39, 0.29) is 17.9 Å². The third-order valence-corrected chi connectivity index (χ3v) is 4.03. The van der Waals surface area contributed by atoms with Crippen molar-refractivity contribution >= 4 is 5.91 Å². The number of rotatable bonds is 4. The Balaban J connectivity index is 1.66. The topological polar surface area (TPSA) is 46.9 Å². The lowest BCUT2D eigenvalue weighted by Gasteiger charge is -2.26. The van der Waals surface area contributed by atoms with Gasteiger partial charge in [0.2, 0.25) is 5.91 Å². The van der Waals surface area contributed by atoms with Crippen molar-refractivity contribution in [1.82, 2.24) is 14.9 Å². The summed E-state index contributed by atoms with van der Waals surface area (Å²) in [5.74, 6) is 0.435. The van der Waals surface area contributed by atoms with E-state index in [1.54, 1.807) is 12.5 Å². The average molecular weight is 269 g/mol. The van der Waals surface area contributed by atoms with Crippen molar-refractivity contribution in [3.63, 3.8) is 0 Å². The van der Waals surface area contributed by atoms with Gasteiger partial charge >= 0.3 is 0 Å². The van der Waals surface area contributed by atoms with Crippen LogP contribution in [-0.4, -0.2) is 15.5 Å². The zero-order chi connectivity index (χ0) is 13.9. The van der Waals surface area contributed by atoms with Crippen LogP contribution in [0.4, 0.5) is 0 Å². The van der Waals surface area contributed by atoms with Gasteiger partial charge in [-0.2, -0.15) is 0 Å². The largest absolute Gasteiger partial charge is 0.349 e. The monoisotopic (exact) mass is 269 g/mol. The van der Waals surface area contributed by atoms with Crippen LogP contribution in [0.15, 0.2) is 43.0 Å². The summed E-state index contributed by atoms with van der Waals surface area (Å²) in [5, 5.41) is 3.09. The molecule has 1 aliphatic carbocycles. The number of hydrogen-bond acceptors (Lipinski definition) is 2. The zero-order valence-corrected chi connectivity index (χ0v) is 11.6. The third-order valence-electron chi connectivity index (χ3n) is 4.03. The van der Waals surface area contributed by atoms with Crippen molar-refractivity contribution in [1.29, 1.82) is 0 Å². The van der Waals surface area contributed by atoms with Crippen molar-refractivity contribution in [2.75, 3.05) is 0 Å². The summed E-state index contributed by atoms with van der Waals surface area (Å²) in [7, 11) is 0. The fourth-order valence-corrected chi connectivity index (χ4v) is 2.43. The first-order chi connectivity index (χ1) is 9.74. The van der Waals surface area contributed by atoms with Gasteiger partial charge in [0, 0.05) is 24.0 Å². The van der Waals surface area contributed by atoms with E-state index in [1.165, 1.54) is 6.42 Å². The smallest absolute Gasteiger partial charge is 0.223 e. The van der Waals surface area contributed by atoms with E-state index < -0.39 is 0 Å². The summed E-state index contributed by atoms with van der Waals surface area (Å²) >= 11 is 0. The van der Waals surface area contributed by atoms with Crippen molar-refractivity contribution in [3.8, 4) is 5.69 Å². The molecule has 0 radical (unpaired) electrons. The molecular formula is C16H19N3O. The van der Waals surface area contributed by atoms with Crippen molar-refractivity contribution in [3.05, 3.63) is 48.5 Å². The van der Waals surface area contributed by atoms with E-state index in [0.29, 0.717) is 0 Å². The van der Waals surface area contributed by atoms with Crippen molar-refractivity contribution < 1.29 is 4.79 Å². The number of carbonyl (C=O) groups is 1. The van der Waals surface area contributed by atoms with E-state index >= 15 is 0 Å². The number of amides is 1. The number of benzene rings is 1. The summed E-state index contributed by atoms with van der Waals surface area (Å²) < 4.78 is 1.96. The van der Waals surface area contributed by atoms with Gasteiger partial charge in [-0.25, -0.2) is 4.98 Å². The lowest BCUT2D eigenvalue weighted by Crippen LogP contribution is -2.35. The van der Waals surface area contributed by atoms with E-state index in [9.17, 15) is 4.79 Å². The van der Waals surface area contributed by atoms with Gasteiger partial charge in [-0.3, -0.25) is 4.79 Å². The van der Waals surface area contributed by atoms with Crippen molar-refractivity contribution in [2.45, 2.75) is 32.2 Å². The highest BCUT2D eigenvalue weighted by Crippen LogP contribution is 2.27. The van der Waals surface area contributed by atoms with Gasteiger partial charge in [0.05, 0.1) is 12.4 Å². The standard InChI is InChI=1S/C16H19N3O/c1-12(18-16(20)14-3-2-4-14)13-5-7-15(8-6-13)19-10-9-17-11-19/h5-12,14H,2-4H2,1H3,(H,18,20)/t12-/m1/s1. The molecule has 1 heterocycles. The molecule has 1 saturated carbocycles. The van der Waals surface area contributed by atoms with Crippen molar-refractivity contribution in [2.24, 2.45) is 5.92 Å². The second-order valence-electron chi connectivity index (χ2n) is 5.42. The van der Waals surface area contributed by atoms with Gasteiger partial charge in [0.15, 0.2) is 0 Å². The average Bonchev–Trinajstić information content (AvgIpc) is 2.90. The van der Waals surface area contributed by atoms with E-state index in [0.717, 1.165) is 24.1 Å². The zero-order valence-electron chi connectivity index (χ0n) is 11.6. The highest BCUT2D eigenvalue weighted by Gasteiger charge is 2.26. The lowest BCUT2D eigenvalue weighted by molar-refractivity contribution is -0.128. The molecule has 0 bridgehead atoms. The predicted octanol–water partition coefficient (Wildman–Crippen LogP) is 2.85. The molecular weight excluding hydrogens is 250 g/mol. The second kappa shape index (κ2) is 5.49. The maximum absolute atomic E-state index is 11.9. The number of carbonyl (C=O) groups excluding carboxylic acids is 1. The Bertz CT molecular complexity index is 570. The minimum atomic E-state index is 0.0555. The molecule has 1 fully saturated rings. The number of nitrogens with zero attached hydrogens (tertiary/aromatic N) is 2. The van der Waals surface area contributed by atoms with E-state index in [1.807, 2.05) is 29.8 Å². The molecule has 20 heavy (non-hydrogen) atoms. The fourth-order valence-electron chi connectivity index (χ4n) is 2.43. The third kappa shape index (κ3) is 2.59. The highest BCUT2D eigenvalue weighted by molar-refractivity contribution is 5.79. The molecule has 1 N–H and O–H groups in total. The van der Waals surface area contributed by atoms with Gasteiger partial charge < -0.3 is 9.88 Å². The van der Waals surface area contributed by atoms with Crippen LogP contribution in [0.3, 0.4) is 0 Å². The van der Waals surface area contributed by atoms with Crippen LogP contribution < -0.4 is 5.32 Å². The Labute approximate surface area is 118 Å². The van der Waals surface area contributed by atoms with E-state index in [4.69, 9.17) is 0 Å². The Hall–Kier alpha value is -2.10.